The van der Waals surface area contributed by atoms with Crippen LogP contribution < -0.4 is 0 Å². The van der Waals surface area contributed by atoms with Crippen LogP contribution in [0.2, 0.25) is 0 Å². The Balaban J connectivity index is 1.76. The molecular weight excluding hydrogens is 300 g/mol. The van der Waals surface area contributed by atoms with Crippen molar-refractivity contribution >= 4 is 0 Å². The maximum Gasteiger partial charge on any atom is 0.217 e. The van der Waals surface area contributed by atoms with Crippen LogP contribution in [0.3, 0.4) is 0 Å². The van der Waals surface area contributed by atoms with Crippen LogP contribution in [0.15, 0.2) is 60.7 Å². The molecule has 1 N–H and O–H groups in total. The predicted molar refractivity (Wildman–Crippen MR) is 93.3 cm³/mol. The lowest BCUT2D eigenvalue weighted by Gasteiger charge is -2.25. The van der Waals surface area contributed by atoms with Gasteiger partial charge in [0.25, 0.3) is 0 Å². The third-order valence-corrected chi connectivity index (χ3v) is 4.12. The summed E-state index contributed by atoms with van der Waals surface area (Å²) in [5, 5.41) is 0. The van der Waals surface area contributed by atoms with Gasteiger partial charge in [0.15, 0.2) is 5.82 Å². The molecule has 1 fully saturated rings. The molecule has 4 nitrogen and oxygen atoms in total. The number of hydrogen-bond acceptors (Lipinski definition) is 3. The van der Waals surface area contributed by atoms with Gasteiger partial charge in [0.05, 0.1) is 24.6 Å². The fourth-order valence-corrected chi connectivity index (χ4v) is 2.88. The maximum absolute atomic E-state index is 5.80. The van der Waals surface area contributed by atoms with E-state index in [9.17, 15) is 0 Å². The van der Waals surface area contributed by atoms with E-state index in [4.69, 9.17) is 14.5 Å². The number of aromatic nitrogens is 2. The van der Waals surface area contributed by atoms with E-state index in [2.05, 4.69) is 36.2 Å². The van der Waals surface area contributed by atoms with Crippen LogP contribution in [-0.4, -0.2) is 23.2 Å². The summed E-state index contributed by atoms with van der Waals surface area (Å²) in [5.41, 5.74) is 4.08. The lowest BCUT2D eigenvalue weighted by atomic mass is 10.1. The highest BCUT2D eigenvalue weighted by atomic mass is 16.7. The van der Waals surface area contributed by atoms with E-state index in [1.54, 1.807) is 0 Å². The first kappa shape index (κ1) is 15.1. The molecule has 122 valence electrons. The lowest BCUT2D eigenvalue weighted by molar-refractivity contribution is -0.205. The third-order valence-electron chi connectivity index (χ3n) is 4.12. The standard InChI is InChI=1S/C20H20N2O2/c1-14-12-23-20(24-13-14)19-21-17(15-8-4-2-5-9-15)18(22-19)16-10-6-3-7-11-16/h2-11,14,20H,12-13H2,1H3,(H,21,22). The molecule has 0 radical (unpaired) electrons. The molecule has 2 heterocycles. The second-order valence-corrected chi connectivity index (χ2v) is 6.18. The van der Waals surface area contributed by atoms with Crippen LogP contribution in [-0.2, 0) is 9.47 Å². The van der Waals surface area contributed by atoms with Gasteiger partial charge in [-0.3, -0.25) is 0 Å². The summed E-state index contributed by atoms with van der Waals surface area (Å²) in [6, 6.07) is 20.4. The van der Waals surface area contributed by atoms with Crippen LogP contribution >= 0.6 is 0 Å². The van der Waals surface area contributed by atoms with Crippen LogP contribution in [0.25, 0.3) is 22.5 Å². The molecule has 0 spiro atoms. The number of hydrogen-bond donors (Lipinski definition) is 1. The predicted octanol–water partition coefficient (Wildman–Crippen LogP) is 4.43. The Morgan fingerprint density at radius 2 is 1.46 bits per heavy atom. The quantitative estimate of drug-likeness (QED) is 0.777. The van der Waals surface area contributed by atoms with Gasteiger partial charge in [0, 0.05) is 17.0 Å². The third kappa shape index (κ3) is 2.98. The highest BCUT2D eigenvalue weighted by molar-refractivity contribution is 5.78. The molecule has 0 bridgehead atoms. The summed E-state index contributed by atoms with van der Waals surface area (Å²) in [6.07, 6.45) is -0.430. The SMILES string of the molecule is CC1COC(c2nc(-c3ccccc3)c(-c3ccccc3)[nH]2)OC1. The zero-order valence-electron chi connectivity index (χ0n) is 13.6. The second-order valence-electron chi connectivity index (χ2n) is 6.18. The first-order chi connectivity index (χ1) is 11.8. The molecule has 24 heavy (non-hydrogen) atoms. The number of ether oxygens (including phenoxy) is 2. The fraction of sp³-hybridized carbons (Fsp3) is 0.250. The van der Waals surface area contributed by atoms with Crippen LogP contribution in [0.4, 0.5) is 0 Å². The molecule has 0 unspecified atom stereocenters. The number of nitrogens with zero attached hydrogens (tertiary/aromatic N) is 1. The number of benzene rings is 2. The van der Waals surface area contributed by atoms with Gasteiger partial charge >= 0.3 is 0 Å². The zero-order valence-corrected chi connectivity index (χ0v) is 13.6. The number of nitrogens with one attached hydrogen (secondary N) is 1. The van der Waals surface area contributed by atoms with E-state index < -0.39 is 6.29 Å². The Labute approximate surface area is 141 Å². The van der Waals surface area contributed by atoms with Gasteiger partial charge in [-0.05, 0) is 0 Å². The smallest absolute Gasteiger partial charge is 0.217 e. The minimum Gasteiger partial charge on any atom is -0.346 e. The van der Waals surface area contributed by atoms with Crippen molar-refractivity contribution in [2.75, 3.05) is 13.2 Å². The van der Waals surface area contributed by atoms with Crippen molar-refractivity contribution in [2.45, 2.75) is 13.2 Å². The van der Waals surface area contributed by atoms with Crippen LogP contribution in [0.1, 0.15) is 19.0 Å². The number of imidazole rings is 1. The molecule has 1 aromatic heterocycles. The molecule has 3 aromatic rings. The number of rotatable bonds is 3. The van der Waals surface area contributed by atoms with Crippen molar-refractivity contribution < 1.29 is 9.47 Å². The van der Waals surface area contributed by atoms with Gasteiger partial charge in [0.1, 0.15) is 0 Å². The molecule has 1 saturated heterocycles. The van der Waals surface area contributed by atoms with Crippen molar-refractivity contribution in [2.24, 2.45) is 5.92 Å². The molecule has 0 aliphatic carbocycles. The largest absolute Gasteiger partial charge is 0.346 e. The topological polar surface area (TPSA) is 47.1 Å². The summed E-state index contributed by atoms with van der Waals surface area (Å²) in [6.45, 7) is 3.49. The second kappa shape index (κ2) is 6.59. The van der Waals surface area contributed by atoms with Gasteiger partial charge in [-0.1, -0.05) is 67.6 Å². The van der Waals surface area contributed by atoms with Crippen molar-refractivity contribution in [1.29, 1.82) is 0 Å². The molecule has 1 aliphatic rings. The van der Waals surface area contributed by atoms with E-state index in [1.807, 2.05) is 36.4 Å². The molecule has 0 atom stereocenters. The summed E-state index contributed by atoms with van der Waals surface area (Å²) in [4.78, 5) is 8.22. The van der Waals surface area contributed by atoms with Gasteiger partial charge in [-0.25, -0.2) is 4.98 Å². The first-order valence-corrected chi connectivity index (χ1v) is 8.25. The Morgan fingerprint density at radius 3 is 2.08 bits per heavy atom. The van der Waals surface area contributed by atoms with Crippen molar-refractivity contribution in [3.8, 4) is 22.5 Å². The fourth-order valence-electron chi connectivity index (χ4n) is 2.88. The average molecular weight is 320 g/mol. The van der Waals surface area contributed by atoms with Crippen LogP contribution in [0.5, 0.6) is 0 Å². The Hall–Kier alpha value is -2.43. The zero-order chi connectivity index (χ0) is 16.4. The Kier molecular flexibility index (Phi) is 4.15. The van der Waals surface area contributed by atoms with Gasteiger partial charge in [-0.15, -0.1) is 0 Å². The molecule has 1 aliphatic heterocycles. The Bertz CT molecular complexity index is 734. The lowest BCUT2D eigenvalue weighted by Crippen LogP contribution is -2.25. The average Bonchev–Trinajstić information content (AvgIpc) is 3.09. The summed E-state index contributed by atoms with van der Waals surface area (Å²) < 4.78 is 11.6. The maximum atomic E-state index is 5.80. The molecule has 4 heteroatoms. The van der Waals surface area contributed by atoms with E-state index in [1.165, 1.54) is 0 Å². The highest BCUT2D eigenvalue weighted by Gasteiger charge is 2.25. The Morgan fingerprint density at radius 1 is 0.875 bits per heavy atom. The van der Waals surface area contributed by atoms with E-state index >= 15 is 0 Å². The van der Waals surface area contributed by atoms with Crippen molar-refractivity contribution in [1.82, 2.24) is 9.97 Å². The first-order valence-electron chi connectivity index (χ1n) is 8.25. The summed E-state index contributed by atoms with van der Waals surface area (Å²) in [5.74, 6) is 1.14. The number of aromatic amines is 1. The van der Waals surface area contributed by atoms with E-state index in [0.717, 1.165) is 28.3 Å². The van der Waals surface area contributed by atoms with Crippen molar-refractivity contribution in [3.63, 3.8) is 0 Å². The minimum atomic E-state index is -0.430. The summed E-state index contributed by atoms with van der Waals surface area (Å²) >= 11 is 0. The van der Waals surface area contributed by atoms with Crippen molar-refractivity contribution in [3.05, 3.63) is 66.5 Å². The minimum absolute atomic E-state index is 0.415. The summed E-state index contributed by atoms with van der Waals surface area (Å²) in [7, 11) is 0. The molecule has 0 saturated carbocycles. The molecule has 4 rings (SSSR count). The van der Waals surface area contributed by atoms with Gasteiger partial charge in [-0.2, -0.15) is 0 Å². The molecule has 2 aromatic carbocycles. The molecular formula is C20H20N2O2. The highest BCUT2D eigenvalue weighted by Crippen LogP contribution is 2.33. The number of H-pyrrole nitrogens is 1. The van der Waals surface area contributed by atoms with E-state index in [0.29, 0.717) is 19.1 Å². The van der Waals surface area contributed by atoms with Crippen LogP contribution in [0, 0.1) is 5.92 Å². The van der Waals surface area contributed by atoms with Gasteiger partial charge < -0.3 is 14.5 Å². The van der Waals surface area contributed by atoms with E-state index in [-0.39, 0.29) is 0 Å². The normalized spacial score (nSPS) is 20.9. The monoisotopic (exact) mass is 320 g/mol. The van der Waals surface area contributed by atoms with Gasteiger partial charge in [0.2, 0.25) is 6.29 Å². The molecule has 0 amide bonds.